The van der Waals surface area contributed by atoms with Gasteiger partial charge in [0.15, 0.2) is 11.5 Å². The quantitative estimate of drug-likeness (QED) is 0.878. The third kappa shape index (κ3) is 3.17. The maximum atomic E-state index is 12.3. The first kappa shape index (κ1) is 14.7. The van der Waals surface area contributed by atoms with Crippen LogP contribution in [0, 0.1) is 0 Å². The largest absolute Gasteiger partial charge is 0.486 e. The van der Waals surface area contributed by atoms with E-state index in [1.54, 1.807) is 18.3 Å². The summed E-state index contributed by atoms with van der Waals surface area (Å²) in [6, 6.07) is 11.0. The Bertz CT molecular complexity index is 678. The third-order valence-corrected chi connectivity index (χ3v) is 3.98. The van der Waals surface area contributed by atoms with E-state index in [0.29, 0.717) is 29.5 Å². The maximum Gasteiger partial charge on any atom is 0.254 e. The zero-order valence-electron chi connectivity index (χ0n) is 12.1. The third-order valence-electron chi connectivity index (χ3n) is 3.27. The number of hydrogen-bond acceptors (Lipinski definition) is 5. The molecule has 1 aliphatic heterocycles. The van der Waals surface area contributed by atoms with Gasteiger partial charge in [-0.3, -0.25) is 4.79 Å². The topological polar surface area (TPSA) is 60.5 Å². The van der Waals surface area contributed by atoms with Crippen molar-refractivity contribution in [3.05, 3.63) is 48.2 Å². The van der Waals surface area contributed by atoms with Crippen molar-refractivity contribution in [3.63, 3.8) is 0 Å². The molecule has 6 heteroatoms. The molecule has 0 radical (unpaired) electrons. The van der Waals surface area contributed by atoms with E-state index in [1.807, 2.05) is 30.5 Å². The molecule has 0 spiro atoms. The van der Waals surface area contributed by atoms with Crippen molar-refractivity contribution in [2.24, 2.45) is 0 Å². The summed E-state index contributed by atoms with van der Waals surface area (Å²) in [5, 5.41) is 3.59. The fourth-order valence-corrected chi connectivity index (χ4v) is 2.74. The van der Waals surface area contributed by atoms with Crippen LogP contribution in [0.1, 0.15) is 10.4 Å². The lowest BCUT2D eigenvalue weighted by atomic mass is 10.2. The number of nitrogens with zero attached hydrogens (tertiary/aromatic N) is 1. The van der Waals surface area contributed by atoms with E-state index in [0.717, 1.165) is 5.75 Å². The molecule has 5 nitrogen and oxygen atoms in total. The molecule has 1 aromatic heterocycles. The van der Waals surface area contributed by atoms with Gasteiger partial charge in [0.05, 0.1) is 12.1 Å². The lowest BCUT2D eigenvalue weighted by Crippen LogP contribution is -2.40. The first-order valence-electron chi connectivity index (χ1n) is 6.93. The van der Waals surface area contributed by atoms with Gasteiger partial charge in [-0.2, -0.15) is 0 Å². The number of fused-ring (bicyclic) bond motifs is 1. The Hall–Kier alpha value is -2.21. The zero-order valence-corrected chi connectivity index (χ0v) is 12.9. The minimum atomic E-state index is -0.201. The molecule has 1 atom stereocenters. The van der Waals surface area contributed by atoms with Gasteiger partial charge >= 0.3 is 0 Å². The Labute approximate surface area is 133 Å². The average Bonchev–Trinajstić information content (AvgIpc) is 2.59. The monoisotopic (exact) mass is 316 g/mol. The highest BCUT2D eigenvalue weighted by Gasteiger charge is 2.21. The number of ether oxygens (including phenoxy) is 2. The molecule has 1 N–H and O–H groups in total. The van der Waals surface area contributed by atoms with Crippen LogP contribution in [0.25, 0.3) is 0 Å². The van der Waals surface area contributed by atoms with Crippen LogP contribution >= 0.6 is 11.8 Å². The van der Waals surface area contributed by atoms with Gasteiger partial charge in [0.1, 0.15) is 17.7 Å². The predicted octanol–water partition coefficient (Wildman–Crippen LogP) is 2.37. The van der Waals surface area contributed by atoms with Gasteiger partial charge in [-0.05, 0) is 30.5 Å². The molecule has 0 fully saturated rings. The number of aromatic nitrogens is 1. The predicted molar refractivity (Wildman–Crippen MR) is 84.7 cm³/mol. The van der Waals surface area contributed by atoms with Gasteiger partial charge in [-0.25, -0.2) is 4.98 Å². The molecule has 1 aliphatic rings. The van der Waals surface area contributed by atoms with Gasteiger partial charge < -0.3 is 14.8 Å². The number of pyridine rings is 1. The summed E-state index contributed by atoms with van der Waals surface area (Å²) in [4.78, 5) is 16.4. The smallest absolute Gasteiger partial charge is 0.254 e. The minimum absolute atomic E-state index is 0.153. The highest BCUT2D eigenvalue weighted by atomic mass is 32.2. The van der Waals surface area contributed by atoms with E-state index < -0.39 is 0 Å². The molecular formula is C16H16N2O3S. The number of carbonyl (C=O) groups excluding carboxylic acids is 1. The Morgan fingerprint density at radius 3 is 2.95 bits per heavy atom. The highest BCUT2D eigenvalue weighted by molar-refractivity contribution is 7.98. The molecule has 0 saturated heterocycles. The number of carbonyl (C=O) groups is 1. The molecule has 0 aliphatic carbocycles. The summed E-state index contributed by atoms with van der Waals surface area (Å²) in [6.07, 6.45) is 3.37. The zero-order chi connectivity index (χ0) is 15.4. The van der Waals surface area contributed by atoms with Crippen LogP contribution in [-0.2, 0) is 0 Å². The molecule has 1 aromatic carbocycles. The van der Waals surface area contributed by atoms with Crippen molar-refractivity contribution in [2.45, 2.75) is 11.1 Å². The van der Waals surface area contributed by atoms with Crippen LogP contribution in [-0.4, -0.2) is 36.4 Å². The molecule has 114 valence electrons. The summed E-state index contributed by atoms with van der Waals surface area (Å²) >= 11 is 1.45. The Morgan fingerprint density at radius 2 is 2.14 bits per heavy atom. The van der Waals surface area contributed by atoms with Gasteiger partial charge in [0, 0.05) is 6.20 Å². The van der Waals surface area contributed by atoms with Gasteiger partial charge in [-0.15, -0.1) is 11.8 Å². The van der Waals surface area contributed by atoms with Gasteiger partial charge in [0.2, 0.25) is 0 Å². The molecule has 2 heterocycles. The number of hydrogen-bond donors (Lipinski definition) is 1. The Kier molecular flexibility index (Phi) is 4.48. The molecular weight excluding hydrogens is 300 g/mol. The van der Waals surface area contributed by atoms with E-state index in [1.165, 1.54) is 11.8 Å². The SMILES string of the molecule is CSc1ncccc1C(=O)NC[C@H]1COc2ccccc2O1. The molecule has 0 saturated carbocycles. The van der Waals surface area contributed by atoms with E-state index in [4.69, 9.17) is 9.47 Å². The van der Waals surface area contributed by atoms with Crippen molar-refractivity contribution in [1.29, 1.82) is 0 Å². The fourth-order valence-electron chi connectivity index (χ4n) is 2.19. The van der Waals surface area contributed by atoms with Crippen LogP contribution in [0.3, 0.4) is 0 Å². The second-order valence-corrected chi connectivity index (χ2v) is 5.56. The van der Waals surface area contributed by atoms with Crippen molar-refractivity contribution in [3.8, 4) is 11.5 Å². The van der Waals surface area contributed by atoms with Crippen molar-refractivity contribution in [2.75, 3.05) is 19.4 Å². The van der Waals surface area contributed by atoms with E-state index >= 15 is 0 Å². The number of thioether (sulfide) groups is 1. The van der Waals surface area contributed by atoms with Crippen molar-refractivity contribution < 1.29 is 14.3 Å². The minimum Gasteiger partial charge on any atom is -0.486 e. The Balaban J connectivity index is 1.60. The van der Waals surface area contributed by atoms with Gasteiger partial charge in [-0.1, -0.05) is 12.1 Å². The average molecular weight is 316 g/mol. The lowest BCUT2D eigenvalue weighted by molar-refractivity contribution is 0.0787. The number of nitrogens with one attached hydrogen (secondary N) is 1. The van der Waals surface area contributed by atoms with Crippen LogP contribution in [0.4, 0.5) is 0 Å². The lowest BCUT2D eigenvalue weighted by Gasteiger charge is -2.26. The van der Waals surface area contributed by atoms with E-state index in [-0.39, 0.29) is 12.0 Å². The summed E-state index contributed by atoms with van der Waals surface area (Å²) < 4.78 is 11.4. The maximum absolute atomic E-state index is 12.3. The van der Waals surface area contributed by atoms with E-state index in [2.05, 4.69) is 10.3 Å². The number of amides is 1. The number of rotatable bonds is 4. The van der Waals surface area contributed by atoms with Gasteiger partial charge in [0.25, 0.3) is 5.91 Å². The summed E-state index contributed by atoms with van der Waals surface area (Å²) in [5.41, 5.74) is 0.576. The Morgan fingerprint density at radius 1 is 1.32 bits per heavy atom. The molecule has 0 unspecified atom stereocenters. The van der Waals surface area contributed by atoms with Crippen LogP contribution < -0.4 is 14.8 Å². The first-order chi connectivity index (χ1) is 10.8. The fraction of sp³-hybridized carbons (Fsp3) is 0.250. The highest BCUT2D eigenvalue weighted by Crippen LogP contribution is 2.30. The standard InChI is InChI=1S/C16H16N2O3S/c1-22-16-12(5-4-8-17-16)15(19)18-9-11-10-20-13-6-2-3-7-14(13)21-11/h2-8,11H,9-10H2,1H3,(H,18,19)/t11-/m0/s1. The summed E-state index contributed by atoms with van der Waals surface area (Å²) in [5.74, 6) is 1.29. The summed E-state index contributed by atoms with van der Waals surface area (Å²) in [7, 11) is 0. The van der Waals surface area contributed by atoms with Crippen LogP contribution in [0.5, 0.6) is 11.5 Å². The van der Waals surface area contributed by atoms with Crippen LogP contribution in [0.2, 0.25) is 0 Å². The second-order valence-electron chi connectivity index (χ2n) is 4.77. The molecule has 22 heavy (non-hydrogen) atoms. The normalized spacial score (nSPS) is 16.1. The molecule has 0 bridgehead atoms. The molecule has 3 rings (SSSR count). The van der Waals surface area contributed by atoms with Crippen molar-refractivity contribution >= 4 is 17.7 Å². The van der Waals surface area contributed by atoms with E-state index in [9.17, 15) is 4.79 Å². The van der Waals surface area contributed by atoms with Crippen LogP contribution in [0.15, 0.2) is 47.6 Å². The summed E-state index contributed by atoms with van der Waals surface area (Å²) in [6.45, 7) is 0.801. The first-order valence-corrected chi connectivity index (χ1v) is 8.16. The second kappa shape index (κ2) is 6.70. The molecule has 2 aromatic rings. The van der Waals surface area contributed by atoms with Crippen molar-refractivity contribution in [1.82, 2.24) is 10.3 Å². The number of para-hydroxylation sites is 2. The molecule has 1 amide bonds. The number of benzene rings is 1.